The van der Waals surface area contributed by atoms with E-state index in [9.17, 15) is 4.79 Å². The molecular formula is C17H18N4O3S. The summed E-state index contributed by atoms with van der Waals surface area (Å²) in [6.45, 7) is 1.82. The van der Waals surface area contributed by atoms with Gasteiger partial charge in [0.2, 0.25) is 5.91 Å². The molecule has 0 aliphatic heterocycles. The Kier molecular flexibility index (Phi) is 5.08. The maximum Gasteiger partial charge on any atom is 0.237 e. The summed E-state index contributed by atoms with van der Waals surface area (Å²) in [6, 6.07) is 8.97. The number of aromatic nitrogens is 3. The van der Waals surface area contributed by atoms with Crippen molar-refractivity contribution in [3.63, 3.8) is 0 Å². The lowest BCUT2D eigenvalue weighted by molar-refractivity contribution is -0.115. The second kappa shape index (κ2) is 7.43. The first-order valence-corrected chi connectivity index (χ1v) is 8.49. The van der Waals surface area contributed by atoms with E-state index in [1.807, 2.05) is 19.1 Å². The molecule has 2 N–H and O–H groups in total. The van der Waals surface area contributed by atoms with E-state index < -0.39 is 0 Å². The molecule has 3 rings (SSSR count). The van der Waals surface area contributed by atoms with E-state index in [0.29, 0.717) is 28.0 Å². The van der Waals surface area contributed by atoms with Crippen molar-refractivity contribution in [3.8, 4) is 11.5 Å². The minimum atomic E-state index is -0.339. The normalized spacial score (nSPS) is 12.0. The Bertz CT molecular complexity index is 863. The van der Waals surface area contributed by atoms with Gasteiger partial charge in [0.1, 0.15) is 0 Å². The first-order valence-electron chi connectivity index (χ1n) is 7.61. The number of imidazole rings is 1. The van der Waals surface area contributed by atoms with Crippen LogP contribution in [0.1, 0.15) is 6.92 Å². The van der Waals surface area contributed by atoms with Gasteiger partial charge in [-0.1, -0.05) is 11.8 Å². The number of ether oxygens (including phenoxy) is 2. The Morgan fingerprint density at radius 2 is 2.04 bits per heavy atom. The van der Waals surface area contributed by atoms with Crippen molar-refractivity contribution in [2.45, 2.75) is 17.3 Å². The summed E-state index contributed by atoms with van der Waals surface area (Å²) >= 11 is 1.34. The van der Waals surface area contributed by atoms with E-state index in [-0.39, 0.29) is 11.2 Å². The number of thioether (sulfide) groups is 1. The van der Waals surface area contributed by atoms with Crippen LogP contribution in [0.25, 0.3) is 11.2 Å². The molecule has 130 valence electrons. The number of carbonyl (C=O) groups excluding carboxylic acids is 1. The molecule has 0 aliphatic rings. The van der Waals surface area contributed by atoms with Crippen molar-refractivity contribution in [1.82, 2.24) is 15.0 Å². The second-order valence-corrected chi connectivity index (χ2v) is 6.57. The highest BCUT2D eigenvalue weighted by Crippen LogP contribution is 2.30. The Morgan fingerprint density at radius 1 is 1.24 bits per heavy atom. The summed E-state index contributed by atoms with van der Waals surface area (Å²) in [4.78, 5) is 24.1. The molecule has 0 radical (unpaired) electrons. The largest absolute Gasteiger partial charge is 0.493 e. The number of pyridine rings is 1. The van der Waals surface area contributed by atoms with Gasteiger partial charge >= 0.3 is 0 Å². The van der Waals surface area contributed by atoms with Crippen LogP contribution in [-0.4, -0.2) is 40.3 Å². The molecule has 8 heteroatoms. The average Bonchev–Trinajstić information content (AvgIpc) is 3.03. The van der Waals surface area contributed by atoms with E-state index >= 15 is 0 Å². The second-order valence-electron chi connectivity index (χ2n) is 5.24. The van der Waals surface area contributed by atoms with Crippen LogP contribution in [0.5, 0.6) is 11.5 Å². The molecular weight excluding hydrogens is 340 g/mol. The predicted octanol–water partition coefficient (Wildman–Crippen LogP) is 3.09. The number of carbonyl (C=O) groups is 1. The van der Waals surface area contributed by atoms with Crippen molar-refractivity contribution in [1.29, 1.82) is 0 Å². The molecule has 0 bridgehead atoms. The lowest BCUT2D eigenvalue weighted by atomic mass is 10.2. The van der Waals surface area contributed by atoms with Crippen LogP contribution < -0.4 is 14.8 Å². The third-order valence-corrected chi connectivity index (χ3v) is 4.53. The van der Waals surface area contributed by atoms with Crippen LogP contribution in [0.2, 0.25) is 0 Å². The molecule has 1 aromatic carbocycles. The highest BCUT2D eigenvalue weighted by molar-refractivity contribution is 8.00. The Labute approximate surface area is 149 Å². The summed E-state index contributed by atoms with van der Waals surface area (Å²) in [5.41, 5.74) is 2.12. The summed E-state index contributed by atoms with van der Waals surface area (Å²) in [7, 11) is 3.12. The number of rotatable bonds is 6. The monoisotopic (exact) mass is 358 g/mol. The van der Waals surface area contributed by atoms with Gasteiger partial charge in [0.15, 0.2) is 22.3 Å². The van der Waals surface area contributed by atoms with Crippen LogP contribution in [0.3, 0.4) is 0 Å². The van der Waals surface area contributed by atoms with Gasteiger partial charge in [0.25, 0.3) is 0 Å². The molecule has 0 aliphatic carbocycles. The van der Waals surface area contributed by atoms with Gasteiger partial charge in [-0.2, -0.15) is 0 Å². The van der Waals surface area contributed by atoms with Crippen molar-refractivity contribution < 1.29 is 14.3 Å². The zero-order valence-corrected chi connectivity index (χ0v) is 14.9. The van der Waals surface area contributed by atoms with Crippen LogP contribution in [-0.2, 0) is 4.79 Å². The average molecular weight is 358 g/mol. The van der Waals surface area contributed by atoms with Crippen molar-refractivity contribution in [2.75, 3.05) is 19.5 Å². The number of nitrogens with zero attached hydrogens (tertiary/aromatic N) is 2. The van der Waals surface area contributed by atoms with Gasteiger partial charge in [0, 0.05) is 18.0 Å². The molecule has 0 fully saturated rings. The van der Waals surface area contributed by atoms with Gasteiger partial charge in [0.05, 0.1) is 25.0 Å². The van der Waals surface area contributed by atoms with Crippen LogP contribution in [0.4, 0.5) is 5.69 Å². The smallest absolute Gasteiger partial charge is 0.237 e. The number of hydrogen-bond donors (Lipinski definition) is 2. The van der Waals surface area contributed by atoms with E-state index in [1.165, 1.54) is 11.8 Å². The number of benzene rings is 1. The van der Waals surface area contributed by atoms with Gasteiger partial charge in [-0.05, 0) is 31.2 Å². The molecule has 0 saturated carbocycles. The molecule has 0 saturated heterocycles. The first-order chi connectivity index (χ1) is 12.1. The fourth-order valence-corrected chi connectivity index (χ4v) is 3.07. The fourth-order valence-electron chi connectivity index (χ4n) is 2.26. The molecule has 1 atom stereocenters. The number of fused-ring (bicyclic) bond motifs is 1. The van der Waals surface area contributed by atoms with Gasteiger partial charge in [-0.3, -0.25) is 4.79 Å². The SMILES string of the molecule is COc1ccc(NC(=O)[C@@H](C)Sc2nc3ncccc3[nH]2)cc1OC. The molecule has 25 heavy (non-hydrogen) atoms. The maximum absolute atomic E-state index is 12.4. The minimum Gasteiger partial charge on any atom is -0.493 e. The van der Waals surface area contributed by atoms with E-state index in [4.69, 9.17) is 9.47 Å². The molecule has 3 aromatic rings. The summed E-state index contributed by atoms with van der Waals surface area (Å²) < 4.78 is 10.4. The van der Waals surface area contributed by atoms with Crippen molar-refractivity contribution in [3.05, 3.63) is 36.5 Å². The number of amides is 1. The van der Waals surface area contributed by atoms with Crippen LogP contribution >= 0.6 is 11.8 Å². The minimum absolute atomic E-state index is 0.134. The molecule has 2 heterocycles. The third kappa shape index (κ3) is 3.85. The van der Waals surface area contributed by atoms with Gasteiger partial charge < -0.3 is 19.8 Å². The molecule has 1 amide bonds. The highest BCUT2D eigenvalue weighted by Gasteiger charge is 2.17. The maximum atomic E-state index is 12.4. The molecule has 0 spiro atoms. The number of methoxy groups -OCH3 is 2. The summed E-state index contributed by atoms with van der Waals surface area (Å²) in [5, 5.41) is 3.19. The van der Waals surface area contributed by atoms with Crippen molar-refractivity contribution >= 4 is 34.5 Å². The van der Waals surface area contributed by atoms with Crippen LogP contribution in [0, 0.1) is 0 Å². The lowest BCUT2D eigenvalue weighted by Crippen LogP contribution is -2.22. The number of anilines is 1. The Balaban J connectivity index is 1.68. The first kappa shape index (κ1) is 17.1. The third-order valence-electron chi connectivity index (χ3n) is 3.54. The number of aromatic amines is 1. The lowest BCUT2D eigenvalue weighted by Gasteiger charge is -2.13. The number of nitrogens with one attached hydrogen (secondary N) is 2. The Hall–Kier alpha value is -2.74. The van der Waals surface area contributed by atoms with Gasteiger partial charge in [-0.25, -0.2) is 9.97 Å². The molecule has 7 nitrogen and oxygen atoms in total. The highest BCUT2D eigenvalue weighted by atomic mass is 32.2. The zero-order valence-electron chi connectivity index (χ0n) is 14.1. The quantitative estimate of drug-likeness (QED) is 0.658. The fraction of sp³-hybridized carbons (Fsp3) is 0.235. The topological polar surface area (TPSA) is 89.1 Å². The van der Waals surface area contributed by atoms with Crippen molar-refractivity contribution in [2.24, 2.45) is 0 Å². The summed E-state index contributed by atoms with van der Waals surface area (Å²) in [6.07, 6.45) is 1.69. The predicted molar refractivity (Wildman–Crippen MR) is 97.4 cm³/mol. The van der Waals surface area contributed by atoms with E-state index in [0.717, 1.165) is 5.52 Å². The summed E-state index contributed by atoms with van der Waals surface area (Å²) in [5.74, 6) is 1.03. The van der Waals surface area contributed by atoms with Gasteiger partial charge in [-0.15, -0.1) is 0 Å². The standard InChI is InChI=1S/C17H18N4O3S/c1-10(25-17-20-12-5-4-8-18-15(12)21-17)16(22)19-11-6-7-13(23-2)14(9-11)24-3/h4-10H,1-3H3,(H,19,22)(H,18,20,21)/t10-/m1/s1. The van der Waals surface area contributed by atoms with E-state index in [2.05, 4.69) is 20.3 Å². The van der Waals surface area contributed by atoms with Crippen LogP contribution in [0.15, 0.2) is 41.7 Å². The molecule has 2 aromatic heterocycles. The zero-order chi connectivity index (χ0) is 17.8. The Morgan fingerprint density at radius 3 is 2.76 bits per heavy atom. The number of hydrogen-bond acceptors (Lipinski definition) is 6. The van der Waals surface area contributed by atoms with E-state index in [1.54, 1.807) is 38.6 Å². The number of H-pyrrole nitrogens is 1. The molecule has 0 unspecified atom stereocenters.